The van der Waals surface area contributed by atoms with Crippen LogP contribution in [0.2, 0.25) is 0 Å². The van der Waals surface area contributed by atoms with Crippen molar-refractivity contribution in [2.24, 2.45) is 0 Å². The number of carbonyl (C=O) groups is 1. The van der Waals surface area contributed by atoms with Gasteiger partial charge in [0.15, 0.2) is 0 Å². The van der Waals surface area contributed by atoms with E-state index < -0.39 is 0 Å². The van der Waals surface area contributed by atoms with E-state index >= 15 is 0 Å². The second-order valence-corrected chi connectivity index (χ2v) is 2.29. The standard InChI is InChI=1S/C9H10NO.C2H6.W/c1-8(11)10(2)9-6-4-3-5-7-9;1-2;/h3-7H,1H2,2H3;1-2H3;/q-1;;. The molecule has 1 amide bonds. The number of hydrogen-bond donors (Lipinski definition) is 0. The smallest absolute Gasteiger partial charge is 0.0864 e. The molecule has 1 aromatic carbocycles. The van der Waals surface area contributed by atoms with Crippen LogP contribution in [0.5, 0.6) is 0 Å². The van der Waals surface area contributed by atoms with E-state index in [0.29, 0.717) is 0 Å². The van der Waals surface area contributed by atoms with Crippen LogP contribution >= 0.6 is 0 Å². The summed E-state index contributed by atoms with van der Waals surface area (Å²) in [7, 11) is 1.70. The molecule has 0 aliphatic heterocycles. The average Bonchev–Trinajstić information content (AvgIpc) is 2.21. The average molecular weight is 362 g/mol. The summed E-state index contributed by atoms with van der Waals surface area (Å²) in [5, 5.41) is 0. The molecule has 0 radical (unpaired) electrons. The van der Waals surface area contributed by atoms with Crippen LogP contribution in [0.25, 0.3) is 0 Å². The quantitative estimate of drug-likeness (QED) is 0.704. The monoisotopic (exact) mass is 362 g/mol. The predicted molar refractivity (Wildman–Crippen MR) is 56.6 cm³/mol. The van der Waals surface area contributed by atoms with Gasteiger partial charge in [0.25, 0.3) is 0 Å². The zero-order valence-electron chi connectivity index (χ0n) is 8.86. The first-order chi connectivity index (χ1) is 6.22. The van der Waals surface area contributed by atoms with Gasteiger partial charge >= 0.3 is 0 Å². The van der Waals surface area contributed by atoms with Gasteiger partial charge in [-0.05, 0) is 12.1 Å². The molecule has 0 bridgehead atoms. The van der Waals surface area contributed by atoms with Gasteiger partial charge in [-0.15, -0.1) is 0 Å². The summed E-state index contributed by atoms with van der Waals surface area (Å²) in [5.41, 5.74) is 0.868. The third-order valence-electron chi connectivity index (χ3n) is 1.52. The second kappa shape index (κ2) is 8.83. The molecular formula is C11H16NOW-. The summed E-state index contributed by atoms with van der Waals surface area (Å²) in [6.45, 7) is 7.30. The van der Waals surface area contributed by atoms with Gasteiger partial charge in [0.2, 0.25) is 0 Å². The van der Waals surface area contributed by atoms with Crippen LogP contribution in [-0.2, 0) is 25.9 Å². The van der Waals surface area contributed by atoms with Crippen molar-refractivity contribution in [3.8, 4) is 0 Å². The van der Waals surface area contributed by atoms with Crippen molar-refractivity contribution >= 4 is 11.6 Å². The summed E-state index contributed by atoms with van der Waals surface area (Å²) in [6.07, 6.45) is 0. The number of amides is 1. The Hall–Kier alpha value is -0.752. The van der Waals surface area contributed by atoms with E-state index in [9.17, 15) is 4.79 Å². The Morgan fingerprint density at radius 3 is 2.00 bits per heavy atom. The van der Waals surface area contributed by atoms with Crippen LogP contribution in [0.3, 0.4) is 0 Å². The molecule has 0 spiro atoms. The maximum Gasteiger partial charge on any atom is 0.0864 e. The van der Waals surface area contributed by atoms with Gasteiger partial charge < -0.3 is 16.6 Å². The van der Waals surface area contributed by atoms with Crippen molar-refractivity contribution in [1.82, 2.24) is 0 Å². The van der Waals surface area contributed by atoms with Gasteiger partial charge in [-0.2, -0.15) is 0 Å². The van der Waals surface area contributed by atoms with Gasteiger partial charge in [-0.3, -0.25) is 0 Å². The van der Waals surface area contributed by atoms with E-state index in [-0.39, 0.29) is 27.0 Å². The molecule has 14 heavy (non-hydrogen) atoms. The van der Waals surface area contributed by atoms with Gasteiger partial charge in [-0.25, -0.2) is 0 Å². The summed E-state index contributed by atoms with van der Waals surface area (Å²) in [4.78, 5) is 12.3. The van der Waals surface area contributed by atoms with Gasteiger partial charge in [0.1, 0.15) is 0 Å². The van der Waals surface area contributed by atoms with Gasteiger partial charge in [0, 0.05) is 33.8 Å². The Morgan fingerprint density at radius 1 is 1.21 bits per heavy atom. The van der Waals surface area contributed by atoms with E-state index in [1.165, 1.54) is 4.90 Å². The Bertz CT molecular complexity index is 249. The van der Waals surface area contributed by atoms with E-state index in [4.69, 9.17) is 0 Å². The molecule has 0 unspecified atom stereocenters. The molecule has 2 nitrogen and oxygen atoms in total. The molecule has 0 heterocycles. The first-order valence-corrected chi connectivity index (χ1v) is 4.36. The van der Waals surface area contributed by atoms with Crippen molar-refractivity contribution < 1.29 is 25.9 Å². The van der Waals surface area contributed by atoms with Crippen LogP contribution in [0.4, 0.5) is 5.69 Å². The zero-order valence-corrected chi connectivity index (χ0v) is 11.8. The molecule has 0 saturated heterocycles. The fraction of sp³-hybridized carbons (Fsp3) is 0.273. The normalized spacial score (nSPS) is 7.64. The van der Waals surface area contributed by atoms with Crippen molar-refractivity contribution in [2.45, 2.75) is 13.8 Å². The van der Waals surface area contributed by atoms with Crippen LogP contribution in [0, 0.1) is 6.92 Å². The van der Waals surface area contributed by atoms with Gasteiger partial charge in [-0.1, -0.05) is 32.0 Å². The fourth-order valence-electron chi connectivity index (χ4n) is 0.796. The summed E-state index contributed by atoms with van der Waals surface area (Å²) >= 11 is 0. The molecule has 0 aliphatic carbocycles. The van der Waals surface area contributed by atoms with Crippen LogP contribution < -0.4 is 4.90 Å². The van der Waals surface area contributed by atoms with E-state index in [0.717, 1.165) is 5.69 Å². The minimum Gasteiger partial charge on any atom is -0.341 e. The number of para-hydroxylation sites is 1. The number of carbonyl (C=O) groups excluding carboxylic acids is 1. The maximum absolute atomic E-state index is 10.8. The van der Waals surface area contributed by atoms with Crippen LogP contribution in [0.1, 0.15) is 13.8 Å². The zero-order chi connectivity index (χ0) is 10.3. The SMILES string of the molecule is CC.[CH2-]C(=O)N(C)c1ccccc1.[W]. The number of hydrogen-bond acceptors (Lipinski definition) is 1. The van der Waals surface area contributed by atoms with Crippen LogP contribution in [0.15, 0.2) is 30.3 Å². The first-order valence-electron chi connectivity index (χ1n) is 4.36. The van der Waals surface area contributed by atoms with Crippen molar-refractivity contribution in [1.29, 1.82) is 0 Å². The fourth-order valence-corrected chi connectivity index (χ4v) is 0.796. The van der Waals surface area contributed by atoms with Crippen LogP contribution in [-0.4, -0.2) is 13.0 Å². The van der Waals surface area contributed by atoms with E-state index in [1.807, 2.05) is 44.2 Å². The topological polar surface area (TPSA) is 20.3 Å². The van der Waals surface area contributed by atoms with E-state index in [1.54, 1.807) is 7.05 Å². The van der Waals surface area contributed by atoms with Crippen molar-refractivity contribution in [3.05, 3.63) is 37.3 Å². The molecule has 0 fully saturated rings. The molecule has 0 saturated carbocycles. The van der Waals surface area contributed by atoms with Crippen molar-refractivity contribution in [2.75, 3.05) is 11.9 Å². The first kappa shape index (κ1) is 15.7. The molecule has 0 aliphatic rings. The number of anilines is 1. The minimum atomic E-state index is -0.198. The molecule has 1 aromatic rings. The van der Waals surface area contributed by atoms with E-state index in [2.05, 4.69) is 6.92 Å². The Balaban J connectivity index is 0. The number of nitrogens with zero attached hydrogens (tertiary/aromatic N) is 1. The summed E-state index contributed by atoms with van der Waals surface area (Å²) in [6, 6.07) is 9.40. The molecule has 0 aromatic heterocycles. The minimum absolute atomic E-state index is 0. The molecule has 1 rings (SSSR count). The maximum atomic E-state index is 10.8. The molecule has 3 heteroatoms. The molecular weight excluding hydrogens is 346 g/mol. The molecule has 0 N–H and O–H groups in total. The largest absolute Gasteiger partial charge is 0.341 e. The Kier molecular flexibility index (Phi) is 9.91. The van der Waals surface area contributed by atoms with Gasteiger partial charge in [0.05, 0.1) is 5.91 Å². The number of rotatable bonds is 1. The number of benzene rings is 1. The summed E-state index contributed by atoms with van der Waals surface area (Å²) in [5.74, 6) is -0.198. The molecule has 0 atom stereocenters. The molecule has 78 valence electrons. The third-order valence-corrected chi connectivity index (χ3v) is 1.52. The third kappa shape index (κ3) is 5.08. The second-order valence-electron chi connectivity index (χ2n) is 2.29. The Labute approximate surface area is 101 Å². The van der Waals surface area contributed by atoms with Crippen molar-refractivity contribution in [3.63, 3.8) is 0 Å². The summed E-state index contributed by atoms with van der Waals surface area (Å²) < 4.78 is 0. The Morgan fingerprint density at radius 2 is 1.64 bits per heavy atom. The predicted octanol–water partition coefficient (Wildman–Crippen LogP) is 2.51.